The molecular weight excluding hydrogens is 913 g/mol. The Morgan fingerprint density at radius 1 is 0.263 bits per heavy atom. The summed E-state index contributed by atoms with van der Waals surface area (Å²) in [6.45, 7) is 29.5. The third-order valence-electron chi connectivity index (χ3n) is 15.7. The van der Waals surface area contributed by atoms with Crippen LogP contribution in [0.5, 0.6) is 0 Å². The molecule has 0 atom stereocenters. The Balaban J connectivity index is 0.000000166. The second-order valence-corrected chi connectivity index (χ2v) is 20.6. The van der Waals surface area contributed by atoms with Gasteiger partial charge < -0.3 is 0 Å². The fraction of sp³-hybridized carbons (Fsp3) is 0.211. The Morgan fingerprint density at radius 2 is 0.487 bits per heavy atom. The maximum Gasteiger partial charge on any atom is -0.0152 e. The van der Waals surface area contributed by atoms with Crippen LogP contribution in [0.2, 0.25) is 0 Å². The van der Waals surface area contributed by atoms with Crippen molar-refractivity contribution in [2.75, 3.05) is 0 Å². The molecule has 0 aromatic heterocycles. The molecule has 0 nitrogen and oxygen atoms in total. The van der Waals surface area contributed by atoms with E-state index >= 15 is 0 Å². The summed E-state index contributed by atoms with van der Waals surface area (Å²) in [5.41, 5.74) is 32.0. The largest absolute Gasteiger partial charge is 0.103 e. The molecule has 0 bridgehead atoms. The molecule has 0 saturated carbocycles. The predicted molar refractivity (Wildman–Crippen MR) is 335 cm³/mol. The zero-order valence-electron chi connectivity index (χ0n) is 47.3. The quantitative estimate of drug-likeness (QED) is 0.0898. The molecular formula is C76H80. The molecule has 0 aliphatic rings. The molecule has 0 spiro atoms. The van der Waals surface area contributed by atoms with Crippen LogP contribution in [-0.4, -0.2) is 0 Å². The van der Waals surface area contributed by atoms with E-state index in [0.717, 1.165) is 38.5 Å². The van der Waals surface area contributed by atoms with E-state index < -0.39 is 0 Å². The summed E-state index contributed by atoms with van der Waals surface area (Å²) in [5, 5.41) is 0. The van der Waals surface area contributed by atoms with Gasteiger partial charge >= 0.3 is 0 Å². The van der Waals surface area contributed by atoms with Crippen LogP contribution in [-0.2, 0) is 19.3 Å². The van der Waals surface area contributed by atoms with Gasteiger partial charge in [0, 0.05) is 0 Å². The summed E-state index contributed by atoms with van der Waals surface area (Å²) in [6.07, 6.45) is 14.7. The van der Waals surface area contributed by atoms with E-state index in [2.05, 4.69) is 277 Å². The van der Waals surface area contributed by atoms with E-state index in [1.807, 2.05) is 12.2 Å². The first-order valence-electron chi connectivity index (χ1n) is 27.4. The molecule has 0 heteroatoms. The van der Waals surface area contributed by atoms with Crippen LogP contribution >= 0.6 is 0 Å². The minimum absolute atomic E-state index is 1.03. The summed E-state index contributed by atoms with van der Waals surface area (Å²) < 4.78 is 0. The Bertz CT molecular complexity index is 3200. The highest BCUT2D eigenvalue weighted by Crippen LogP contribution is 2.33. The summed E-state index contributed by atoms with van der Waals surface area (Å²) in [6, 6.07) is 66.9. The Hall–Kier alpha value is -7.80. The predicted octanol–water partition coefficient (Wildman–Crippen LogP) is 21.6. The Kier molecular flexibility index (Phi) is 20.0. The number of hydrogen-bond donors (Lipinski definition) is 0. The second-order valence-electron chi connectivity index (χ2n) is 20.6. The van der Waals surface area contributed by atoms with E-state index in [1.54, 1.807) is 0 Å². The van der Waals surface area contributed by atoms with Gasteiger partial charge in [-0.2, -0.15) is 0 Å². The first kappa shape index (κ1) is 55.9. The number of hydrogen-bond acceptors (Lipinski definition) is 0. The molecule has 9 aromatic carbocycles. The van der Waals surface area contributed by atoms with Crippen LogP contribution in [0.1, 0.15) is 92.9 Å². The SMILES string of the molecule is C/C=C/CCc1ccc(-c2ccc(-c3ccc(C)c(C)c3C)cc2)cc1.C=CCCc1ccc(-c2ccc(-c3ccc(C)c(C)c3C)cc2)cc1.C=CCCc1ccc(-c2ccc(-c3ccc(C)c(C)c3C)cc2)cc1. The molecule has 0 unspecified atom stereocenters. The van der Waals surface area contributed by atoms with Crippen molar-refractivity contribution in [1.29, 1.82) is 0 Å². The number of aryl methyl sites for hydroxylation is 6. The second kappa shape index (κ2) is 27.1. The summed E-state index contributed by atoms with van der Waals surface area (Å²) in [5.74, 6) is 0. The van der Waals surface area contributed by atoms with Crippen LogP contribution < -0.4 is 0 Å². The van der Waals surface area contributed by atoms with E-state index in [1.165, 1.54) is 134 Å². The maximum atomic E-state index is 3.79. The Labute approximate surface area is 458 Å². The summed E-state index contributed by atoms with van der Waals surface area (Å²) >= 11 is 0. The Morgan fingerprint density at radius 3 is 0.724 bits per heavy atom. The molecule has 0 aliphatic carbocycles. The van der Waals surface area contributed by atoms with E-state index in [9.17, 15) is 0 Å². The minimum atomic E-state index is 1.03. The van der Waals surface area contributed by atoms with Crippen molar-refractivity contribution >= 4 is 0 Å². The van der Waals surface area contributed by atoms with Crippen molar-refractivity contribution in [1.82, 2.24) is 0 Å². The first-order valence-corrected chi connectivity index (χ1v) is 27.4. The van der Waals surface area contributed by atoms with Gasteiger partial charge in [0.15, 0.2) is 0 Å². The molecule has 384 valence electrons. The van der Waals surface area contributed by atoms with E-state index in [-0.39, 0.29) is 0 Å². The molecule has 0 heterocycles. The minimum Gasteiger partial charge on any atom is -0.103 e. The van der Waals surface area contributed by atoms with Gasteiger partial charge in [-0.15, -0.1) is 13.2 Å². The van der Waals surface area contributed by atoms with Crippen molar-refractivity contribution in [3.8, 4) is 66.8 Å². The van der Waals surface area contributed by atoms with Crippen LogP contribution in [0.15, 0.2) is 219 Å². The monoisotopic (exact) mass is 993 g/mol. The third-order valence-corrected chi connectivity index (χ3v) is 15.7. The fourth-order valence-electron chi connectivity index (χ4n) is 9.88. The number of benzene rings is 9. The lowest BCUT2D eigenvalue weighted by Crippen LogP contribution is -1.91. The van der Waals surface area contributed by atoms with Crippen LogP contribution in [0.25, 0.3) is 66.8 Å². The van der Waals surface area contributed by atoms with Gasteiger partial charge in [0.05, 0.1) is 0 Å². The van der Waals surface area contributed by atoms with Crippen LogP contribution in [0.4, 0.5) is 0 Å². The van der Waals surface area contributed by atoms with Crippen LogP contribution in [0.3, 0.4) is 0 Å². The van der Waals surface area contributed by atoms with Crippen molar-refractivity contribution in [2.45, 2.75) is 108 Å². The van der Waals surface area contributed by atoms with Gasteiger partial charge in [-0.25, -0.2) is 0 Å². The molecule has 0 N–H and O–H groups in total. The fourth-order valence-corrected chi connectivity index (χ4v) is 9.88. The lowest BCUT2D eigenvalue weighted by molar-refractivity contribution is 1.000. The highest BCUT2D eigenvalue weighted by atomic mass is 14.2. The molecule has 0 fully saturated rings. The van der Waals surface area contributed by atoms with E-state index in [0.29, 0.717) is 0 Å². The molecule has 0 amide bonds. The highest BCUT2D eigenvalue weighted by Gasteiger charge is 2.10. The topological polar surface area (TPSA) is 0 Å². The zero-order chi connectivity index (χ0) is 54.1. The van der Waals surface area contributed by atoms with Gasteiger partial charge in [-0.3, -0.25) is 0 Å². The molecule has 0 aliphatic heterocycles. The number of allylic oxidation sites excluding steroid dienone is 4. The average Bonchev–Trinajstić information content (AvgIpc) is 3.47. The smallest absolute Gasteiger partial charge is 0.0152 e. The summed E-state index contributed by atoms with van der Waals surface area (Å²) in [4.78, 5) is 0. The van der Waals surface area contributed by atoms with Crippen molar-refractivity contribution in [3.05, 3.63) is 286 Å². The average molecular weight is 993 g/mol. The standard InChI is InChI=1S/C26H28.2C25H26/c1-5-6-7-8-22-10-12-23(13-11-22)24-14-16-25(17-15-24)26-18-9-19(2)20(3)21(26)4;2*1-5-6-7-21-9-11-22(12-10-21)23-13-15-24(16-14-23)25-17-8-18(2)19(3)20(25)4/h5-6,9-18H,7-8H2,1-4H3;2*5,8-17H,1,6-7H2,2-4H3/b6-5+;;. The summed E-state index contributed by atoms with van der Waals surface area (Å²) in [7, 11) is 0. The molecule has 0 radical (unpaired) electrons. The normalized spacial score (nSPS) is 10.9. The van der Waals surface area contributed by atoms with E-state index in [4.69, 9.17) is 0 Å². The first-order chi connectivity index (χ1) is 36.8. The maximum absolute atomic E-state index is 3.79. The van der Waals surface area contributed by atoms with Gasteiger partial charge in [0.1, 0.15) is 0 Å². The number of rotatable bonds is 15. The van der Waals surface area contributed by atoms with Crippen LogP contribution in [0, 0.1) is 62.3 Å². The lowest BCUT2D eigenvalue weighted by atomic mass is 9.93. The van der Waals surface area contributed by atoms with Gasteiger partial charge in [0.2, 0.25) is 0 Å². The van der Waals surface area contributed by atoms with Gasteiger partial charge in [0.25, 0.3) is 0 Å². The van der Waals surface area contributed by atoms with Gasteiger partial charge in [-0.05, 0) is 241 Å². The lowest BCUT2D eigenvalue weighted by Gasteiger charge is -2.12. The van der Waals surface area contributed by atoms with Crippen molar-refractivity contribution < 1.29 is 0 Å². The van der Waals surface area contributed by atoms with Crippen molar-refractivity contribution in [2.24, 2.45) is 0 Å². The van der Waals surface area contributed by atoms with Crippen molar-refractivity contribution in [3.63, 3.8) is 0 Å². The molecule has 9 aromatic rings. The molecule has 9 rings (SSSR count). The highest BCUT2D eigenvalue weighted by molar-refractivity contribution is 5.76. The molecule has 76 heavy (non-hydrogen) atoms. The third kappa shape index (κ3) is 14.3. The molecule has 0 saturated heterocycles. The zero-order valence-corrected chi connectivity index (χ0v) is 47.3. The van der Waals surface area contributed by atoms with Gasteiger partial charge in [-0.1, -0.05) is 206 Å².